The van der Waals surface area contributed by atoms with Gasteiger partial charge >= 0.3 is 0 Å². The van der Waals surface area contributed by atoms with Crippen LogP contribution in [0.15, 0.2) is 30.3 Å². The molecule has 0 saturated heterocycles. The summed E-state index contributed by atoms with van der Waals surface area (Å²) in [5.41, 5.74) is 2.67. The van der Waals surface area contributed by atoms with Crippen molar-refractivity contribution in [3.8, 4) is 23.0 Å². The van der Waals surface area contributed by atoms with E-state index < -0.39 is 6.10 Å². The van der Waals surface area contributed by atoms with Crippen molar-refractivity contribution in [3.05, 3.63) is 47.0 Å². The van der Waals surface area contributed by atoms with Gasteiger partial charge in [0.2, 0.25) is 5.75 Å². The Bertz CT molecular complexity index is 822. The summed E-state index contributed by atoms with van der Waals surface area (Å²) < 4.78 is 22.0. The number of rotatable bonds is 5. The summed E-state index contributed by atoms with van der Waals surface area (Å²) in [5.74, 6) is 2.42. The van der Waals surface area contributed by atoms with Gasteiger partial charge in [-0.15, -0.1) is 0 Å². The molecule has 6 nitrogen and oxygen atoms in total. The second-order valence-corrected chi connectivity index (χ2v) is 6.66. The summed E-state index contributed by atoms with van der Waals surface area (Å²) in [7, 11) is 8.40. The van der Waals surface area contributed by atoms with E-state index in [1.165, 1.54) is 0 Å². The molecule has 1 aliphatic rings. The van der Waals surface area contributed by atoms with Crippen molar-refractivity contribution < 1.29 is 24.1 Å². The van der Waals surface area contributed by atoms with Crippen LogP contribution in [0, 0.1) is 0 Å². The van der Waals surface area contributed by atoms with Crippen LogP contribution in [0.2, 0.25) is 0 Å². The second-order valence-electron chi connectivity index (χ2n) is 6.66. The van der Waals surface area contributed by atoms with E-state index in [9.17, 15) is 5.11 Å². The molecule has 3 rings (SSSR count). The molecule has 2 aromatic rings. The third-order valence-electron chi connectivity index (χ3n) is 5.42. The van der Waals surface area contributed by atoms with Gasteiger partial charge in [-0.25, -0.2) is 0 Å². The first-order chi connectivity index (χ1) is 13.0. The van der Waals surface area contributed by atoms with Crippen molar-refractivity contribution in [1.82, 2.24) is 4.90 Å². The van der Waals surface area contributed by atoms with Crippen LogP contribution in [0.4, 0.5) is 0 Å². The monoisotopic (exact) mass is 373 g/mol. The Hall–Kier alpha value is -2.44. The van der Waals surface area contributed by atoms with E-state index in [1.54, 1.807) is 28.4 Å². The van der Waals surface area contributed by atoms with E-state index in [1.807, 2.05) is 37.4 Å². The van der Waals surface area contributed by atoms with Crippen LogP contribution in [-0.4, -0.2) is 45.5 Å². The standard InChI is InChI=1S/C21H27NO5/c1-12-17-15(11-16(25-4)20(26-5)21(17)27-6)19(23)18(22(12)2)13-8-7-9-14(10-13)24-3/h7-12,18-19,23H,1-6H3/t12-,18+,19-/m0/s1. The first-order valence-corrected chi connectivity index (χ1v) is 8.85. The van der Waals surface area contributed by atoms with Crippen LogP contribution in [0.5, 0.6) is 23.0 Å². The number of methoxy groups -OCH3 is 4. The molecule has 3 atom stereocenters. The number of fused-ring (bicyclic) bond motifs is 1. The van der Waals surface area contributed by atoms with Gasteiger partial charge in [0.25, 0.3) is 0 Å². The molecule has 0 unspecified atom stereocenters. The van der Waals surface area contributed by atoms with E-state index >= 15 is 0 Å². The van der Waals surface area contributed by atoms with Gasteiger partial charge in [-0.1, -0.05) is 12.1 Å². The maximum absolute atomic E-state index is 11.3. The molecule has 0 bridgehead atoms. The van der Waals surface area contributed by atoms with Gasteiger partial charge in [-0.2, -0.15) is 0 Å². The van der Waals surface area contributed by atoms with Crippen LogP contribution < -0.4 is 18.9 Å². The fraction of sp³-hybridized carbons (Fsp3) is 0.429. The molecule has 1 heterocycles. The molecule has 0 fully saturated rings. The average molecular weight is 373 g/mol. The number of hydrogen-bond acceptors (Lipinski definition) is 6. The zero-order chi connectivity index (χ0) is 19.7. The third kappa shape index (κ3) is 3.09. The number of nitrogens with zero attached hydrogens (tertiary/aromatic N) is 1. The lowest BCUT2D eigenvalue weighted by Crippen LogP contribution is -2.37. The fourth-order valence-electron chi connectivity index (χ4n) is 3.95. The Morgan fingerprint density at radius 2 is 1.63 bits per heavy atom. The summed E-state index contributed by atoms with van der Waals surface area (Å²) in [6, 6.07) is 9.40. The quantitative estimate of drug-likeness (QED) is 0.866. The van der Waals surface area contributed by atoms with Gasteiger partial charge in [0.1, 0.15) is 5.75 Å². The van der Waals surface area contributed by atoms with Crippen molar-refractivity contribution in [2.75, 3.05) is 35.5 Å². The lowest BCUT2D eigenvalue weighted by molar-refractivity contribution is 0.0222. The topological polar surface area (TPSA) is 60.4 Å². The van der Waals surface area contributed by atoms with Crippen LogP contribution in [-0.2, 0) is 0 Å². The highest BCUT2D eigenvalue weighted by molar-refractivity contribution is 5.61. The zero-order valence-electron chi connectivity index (χ0n) is 16.6. The second kappa shape index (κ2) is 7.66. The van der Waals surface area contributed by atoms with E-state index in [-0.39, 0.29) is 12.1 Å². The van der Waals surface area contributed by atoms with Gasteiger partial charge in [-0.05, 0) is 43.3 Å². The Kier molecular flexibility index (Phi) is 5.48. The van der Waals surface area contributed by atoms with Crippen molar-refractivity contribution in [2.24, 2.45) is 0 Å². The largest absolute Gasteiger partial charge is 0.497 e. The minimum atomic E-state index is -0.762. The Balaban J connectivity index is 2.19. The van der Waals surface area contributed by atoms with Crippen LogP contribution in [0.25, 0.3) is 0 Å². The Morgan fingerprint density at radius 3 is 2.22 bits per heavy atom. The lowest BCUT2D eigenvalue weighted by atomic mass is 9.83. The summed E-state index contributed by atoms with van der Waals surface area (Å²) in [4.78, 5) is 2.14. The minimum absolute atomic E-state index is 0.00522. The first-order valence-electron chi connectivity index (χ1n) is 8.85. The maximum Gasteiger partial charge on any atom is 0.203 e. The van der Waals surface area contributed by atoms with Gasteiger partial charge in [0.05, 0.1) is 40.6 Å². The highest BCUT2D eigenvalue weighted by atomic mass is 16.5. The molecule has 0 aliphatic carbocycles. The van der Waals surface area contributed by atoms with Gasteiger partial charge in [0.15, 0.2) is 11.5 Å². The minimum Gasteiger partial charge on any atom is -0.497 e. The highest BCUT2D eigenvalue weighted by Gasteiger charge is 2.41. The Labute approximate surface area is 160 Å². The number of aliphatic hydroxyl groups is 1. The molecule has 0 spiro atoms. The van der Waals surface area contributed by atoms with Gasteiger partial charge in [-0.3, -0.25) is 4.90 Å². The molecule has 2 aromatic carbocycles. The van der Waals surface area contributed by atoms with Crippen molar-refractivity contribution in [1.29, 1.82) is 0 Å². The first kappa shape index (κ1) is 19.3. The normalized spacial score (nSPS) is 22.1. The van der Waals surface area contributed by atoms with Crippen LogP contribution in [0.1, 0.15) is 41.8 Å². The molecule has 146 valence electrons. The summed E-state index contributed by atoms with van der Waals surface area (Å²) >= 11 is 0. The van der Waals surface area contributed by atoms with E-state index in [0.29, 0.717) is 17.2 Å². The number of hydrogen-bond donors (Lipinski definition) is 1. The van der Waals surface area contributed by atoms with Gasteiger partial charge < -0.3 is 24.1 Å². The van der Waals surface area contributed by atoms with Crippen LogP contribution in [0.3, 0.4) is 0 Å². The molecule has 0 saturated carbocycles. The molecular weight excluding hydrogens is 346 g/mol. The number of likely N-dealkylation sites (N-methyl/N-ethyl adjacent to an activating group) is 1. The van der Waals surface area contributed by atoms with E-state index in [4.69, 9.17) is 18.9 Å². The Morgan fingerprint density at radius 1 is 0.926 bits per heavy atom. The molecule has 0 aromatic heterocycles. The lowest BCUT2D eigenvalue weighted by Gasteiger charge is -2.43. The number of ether oxygens (including phenoxy) is 4. The molecule has 1 aliphatic heterocycles. The summed E-state index contributed by atoms with van der Waals surface area (Å²) in [6.07, 6.45) is -0.762. The van der Waals surface area contributed by atoms with Crippen molar-refractivity contribution in [3.63, 3.8) is 0 Å². The van der Waals surface area contributed by atoms with Crippen molar-refractivity contribution in [2.45, 2.75) is 25.1 Å². The molecule has 0 radical (unpaired) electrons. The predicted molar refractivity (Wildman–Crippen MR) is 103 cm³/mol. The highest BCUT2D eigenvalue weighted by Crippen LogP contribution is 2.53. The molecule has 27 heavy (non-hydrogen) atoms. The fourth-order valence-corrected chi connectivity index (χ4v) is 3.95. The van der Waals surface area contributed by atoms with Gasteiger partial charge in [0, 0.05) is 11.6 Å². The molecule has 6 heteroatoms. The third-order valence-corrected chi connectivity index (χ3v) is 5.42. The predicted octanol–water partition coefficient (Wildman–Crippen LogP) is 3.50. The molecule has 1 N–H and O–H groups in total. The number of aliphatic hydroxyl groups excluding tert-OH is 1. The average Bonchev–Trinajstić information content (AvgIpc) is 2.70. The summed E-state index contributed by atoms with van der Waals surface area (Å²) in [5, 5.41) is 11.3. The smallest absolute Gasteiger partial charge is 0.203 e. The zero-order valence-corrected chi connectivity index (χ0v) is 16.6. The SMILES string of the molecule is COc1cccc([C@@H]2[C@@H](O)c3cc(OC)c(OC)c(OC)c3[C@H](C)N2C)c1. The number of benzene rings is 2. The maximum atomic E-state index is 11.3. The summed E-state index contributed by atoms with van der Waals surface area (Å²) in [6.45, 7) is 2.09. The van der Waals surface area contributed by atoms with Crippen molar-refractivity contribution >= 4 is 0 Å². The van der Waals surface area contributed by atoms with E-state index in [2.05, 4.69) is 11.8 Å². The van der Waals surface area contributed by atoms with E-state index in [0.717, 1.165) is 22.4 Å². The molecule has 0 amide bonds. The molecular formula is C21H27NO5. The van der Waals surface area contributed by atoms with Crippen LogP contribution >= 0.6 is 0 Å².